The molecule has 1 nitrogen and oxygen atoms in total. The maximum atomic E-state index is 11.7. The summed E-state index contributed by atoms with van der Waals surface area (Å²) in [6.07, 6.45) is 3.40. The minimum absolute atomic E-state index is 0.182. The van der Waals surface area contributed by atoms with Crippen molar-refractivity contribution < 1.29 is 4.79 Å². The number of Topliss-reactive ketones (excluding diaryl/α,β-unsaturated/α-hetero) is 1. The van der Waals surface area contributed by atoms with Crippen LogP contribution in [0, 0.1) is 12.8 Å². The molecule has 0 fully saturated rings. The average Bonchev–Trinajstić information content (AvgIpc) is 2.30. The molecular formula is C19H30O. The first-order chi connectivity index (χ1) is 9.24. The highest BCUT2D eigenvalue weighted by molar-refractivity contribution is 5.78. The molecule has 1 aromatic rings. The van der Waals surface area contributed by atoms with Gasteiger partial charge in [-0.2, -0.15) is 0 Å². The van der Waals surface area contributed by atoms with E-state index in [1.54, 1.807) is 0 Å². The van der Waals surface area contributed by atoms with E-state index >= 15 is 0 Å². The summed E-state index contributed by atoms with van der Waals surface area (Å²) in [5.74, 6) is 0.840. The number of hydrogen-bond donors (Lipinski definition) is 0. The molecule has 1 atom stereocenters. The fraction of sp³-hybridized carbons (Fsp3) is 0.632. The Morgan fingerprint density at radius 2 is 1.90 bits per heavy atom. The van der Waals surface area contributed by atoms with E-state index in [-0.39, 0.29) is 5.41 Å². The Morgan fingerprint density at radius 1 is 1.25 bits per heavy atom. The first-order valence-corrected chi connectivity index (χ1v) is 7.85. The van der Waals surface area contributed by atoms with Crippen LogP contribution in [-0.4, -0.2) is 5.78 Å². The van der Waals surface area contributed by atoms with Crippen molar-refractivity contribution in [2.24, 2.45) is 5.92 Å². The van der Waals surface area contributed by atoms with Gasteiger partial charge in [-0.05, 0) is 47.8 Å². The zero-order valence-corrected chi connectivity index (χ0v) is 14.0. The Balaban J connectivity index is 2.76. The summed E-state index contributed by atoms with van der Waals surface area (Å²) in [4.78, 5) is 11.7. The third-order valence-electron chi connectivity index (χ3n) is 3.80. The average molecular weight is 274 g/mol. The summed E-state index contributed by atoms with van der Waals surface area (Å²) in [7, 11) is 0. The predicted molar refractivity (Wildman–Crippen MR) is 87.3 cm³/mol. The van der Waals surface area contributed by atoms with Crippen LogP contribution in [0.4, 0.5) is 0 Å². The van der Waals surface area contributed by atoms with Gasteiger partial charge in [-0.1, -0.05) is 52.8 Å². The number of carbonyl (C=O) groups is 1. The van der Waals surface area contributed by atoms with Crippen molar-refractivity contribution in [2.75, 3.05) is 0 Å². The van der Waals surface area contributed by atoms with Crippen molar-refractivity contribution in [3.63, 3.8) is 0 Å². The second-order valence-corrected chi connectivity index (χ2v) is 7.20. The molecule has 0 radical (unpaired) electrons. The number of rotatable bonds is 6. The highest BCUT2D eigenvalue weighted by atomic mass is 16.1. The smallest absolute Gasteiger partial charge is 0.133 e. The first kappa shape index (κ1) is 16.9. The van der Waals surface area contributed by atoms with Crippen molar-refractivity contribution in [3.8, 4) is 0 Å². The Labute approximate surface area is 124 Å². The third kappa shape index (κ3) is 5.11. The number of hydrogen-bond acceptors (Lipinski definition) is 1. The molecule has 0 aliphatic heterocycles. The minimum Gasteiger partial charge on any atom is -0.300 e. The van der Waals surface area contributed by atoms with E-state index in [1.165, 1.54) is 16.7 Å². The number of carbonyl (C=O) groups excluding carboxylic acids is 1. The Morgan fingerprint density at radius 3 is 2.45 bits per heavy atom. The molecule has 0 saturated heterocycles. The largest absolute Gasteiger partial charge is 0.300 e. The molecule has 0 N–H and O–H groups in total. The monoisotopic (exact) mass is 274 g/mol. The van der Waals surface area contributed by atoms with Gasteiger partial charge in [0.15, 0.2) is 0 Å². The van der Waals surface area contributed by atoms with Gasteiger partial charge < -0.3 is 0 Å². The van der Waals surface area contributed by atoms with Crippen molar-refractivity contribution in [1.29, 1.82) is 0 Å². The molecule has 1 unspecified atom stereocenters. The van der Waals surface area contributed by atoms with E-state index in [0.29, 0.717) is 18.1 Å². The van der Waals surface area contributed by atoms with Crippen LogP contribution < -0.4 is 0 Å². The molecule has 0 saturated carbocycles. The maximum absolute atomic E-state index is 11.7. The summed E-state index contributed by atoms with van der Waals surface area (Å²) in [6, 6.07) is 6.76. The number of benzene rings is 1. The molecule has 20 heavy (non-hydrogen) atoms. The molecule has 0 aliphatic rings. The third-order valence-corrected chi connectivity index (χ3v) is 3.80. The summed E-state index contributed by atoms with van der Waals surface area (Å²) >= 11 is 0. The van der Waals surface area contributed by atoms with Gasteiger partial charge in [0, 0.05) is 12.8 Å². The molecule has 1 heteroatoms. The van der Waals surface area contributed by atoms with E-state index in [2.05, 4.69) is 59.7 Å². The summed E-state index contributed by atoms with van der Waals surface area (Å²) in [6.45, 7) is 13.2. The zero-order chi connectivity index (χ0) is 15.3. The first-order valence-electron chi connectivity index (χ1n) is 7.85. The second-order valence-electron chi connectivity index (χ2n) is 7.20. The summed E-state index contributed by atoms with van der Waals surface area (Å²) in [5.41, 5.74) is 4.32. The van der Waals surface area contributed by atoms with Crippen LogP contribution in [0.1, 0.15) is 70.6 Å². The van der Waals surface area contributed by atoms with E-state index in [0.717, 1.165) is 19.3 Å². The fourth-order valence-electron chi connectivity index (χ4n) is 2.85. The van der Waals surface area contributed by atoms with Gasteiger partial charge in [0.2, 0.25) is 0 Å². The lowest BCUT2D eigenvalue weighted by molar-refractivity contribution is -0.119. The van der Waals surface area contributed by atoms with Crippen LogP contribution in [0.3, 0.4) is 0 Å². The van der Waals surface area contributed by atoms with Crippen LogP contribution in [0.25, 0.3) is 0 Å². The fourth-order valence-corrected chi connectivity index (χ4v) is 2.85. The van der Waals surface area contributed by atoms with Gasteiger partial charge in [0.1, 0.15) is 5.78 Å². The molecule has 112 valence electrons. The Kier molecular flexibility index (Phi) is 5.98. The van der Waals surface area contributed by atoms with Gasteiger partial charge in [-0.25, -0.2) is 0 Å². The second kappa shape index (κ2) is 7.06. The van der Waals surface area contributed by atoms with E-state index in [9.17, 15) is 4.79 Å². The maximum Gasteiger partial charge on any atom is 0.133 e. The molecule has 0 aliphatic carbocycles. The summed E-state index contributed by atoms with van der Waals surface area (Å²) in [5, 5.41) is 0. The van der Waals surface area contributed by atoms with Crippen molar-refractivity contribution in [2.45, 2.75) is 72.6 Å². The molecule has 1 rings (SSSR count). The SMILES string of the molecule is CCCC(=O)CC(C)Cc1ccc(C)c(C(C)(C)C)c1. The van der Waals surface area contributed by atoms with Gasteiger partial charge in [0.25, 0.3) is 0 Å². The van der Waals surface area contributed by atoms with Crippen LogP contribution in [0.5, 0.6) is 0 Å². The standard InChI is InChI=1S/C19H30O/c1-7-8-17(20)12-14(2)11-16-10-9-15(3)18(13-16)19(4,5)6/h9-10,13-14H,7-8,11-12H2,1-6H3. The van der Waals surface area contributed by atoms with Crippen LogP contribution in [0.2, 0.25) is 0 Å². The van der Waals surface area contributed by atoms with Crippen LogP contribution in [0.15, 0.2) is 18.2 Å². The molecule has 0 amide bonds. The Bertz CT molecular complexity index is 451. The molecule has 0 bridgehead atoms. The molecule has 0 aromatic heterocycles. The van der Waals surface area contributed by atoms with Gasteiger partial charge in [-0.3, -0.25) is 4.79 Å². The van der Waals surface area contributed by atoms with E-state index in [1.807, 2.05) is 0 Å². The lowest BCUT2D eigenvalue weighted by Crippen LogP contribution is -2.14. The van der Waals surface area contributed by atoms with Crippen molar-refractivity contribution >= 4 is 5.78 Å². The normalized spacial score (nSPS) is 13.3. The Hall–Kier alpha value is -1.11. The minimum atomic E-state index is 0.182. The van der Waals surface area contributed by atoms with Crippen molar-refractivity contribution in [1.82, 2.24) is 0 Å². The topological polar surface area (TPSA) is 17.1 Å². The van der Waals surface area contributed by atoms with E-state index < -0.39 is 0 Å². The van der Waals surface area contributed by atoms with Crippen molar-refractivity contribution in [3.05, 3.63) is 34.9 Å². The van der Waals surface area contributed by atoms with Gasteiger partial charge in [-0.15, -0.1) is 0 Å². The van der Waals surface area contributed by atoms with Crippen LogP contribution >= 0.6 is 0 Å². The highest BCUT2D eigenvalue weighted by Gasteiger charge is 2.17. The molecule has 0 spiro atoms. The number of aryl methyl sites for hydroxylation is 1. The van der Waals surface area contributed by atoms with E-state index in [4.69, 9.17) is 0 Å². The quantitative estimate of drug-likeness (QED) is 0.694. The van der Waals surface area contributed by atoms with Crippen LogP contribution in [-0.2, 0) is 16.6 Å². The highest BCUT2D eigenvalue weighted by Crippen LogP contribution is 2.27. The number of ketones is 1. The molecule has 0 heterocycles. The molecule has 1 aromatic carbocycles. The lowest BCUT2D eigenvalue weighted by Gasteiger charge is -2.23. The van der Waals surface area contributed by atoms with Gasteiger partial charge in [0.05, 0.1) is 0 Å². The van der Waals surface area contributed by atoms with Gasteiger partial charge >= 0.3 is 0 Å². The zero-order valence-electron chi connectivity index (χ0n) is 14.0. The predicted octanol–water partition coefficient (Wildman–Crippen LogP) is 5.23. The molecular weight excluding hydrogens is 244 g/mol. The lowest BCUT2D eigenvalue weighted by atomic mass is 9.82. The summed E-state index contributed by atoms with van der Waals surface area (Å²) < 4.78 is 0.